The molecule has 1 atom stereocenters. The van der Waals surface area contributed by atoms with Crippen molar-refractivity contribution in [3.05, 3.63) is 206 Å². The van der Waals surface area contributed by atoms with E-state index in [1.165, 1.54) is 72.4 Å². The van der Waals surface area contributed by atoms with Crippen LogP contribution in [0, 0.1) is 11.3 Å². The molecule has 0 saturated heterocycles. The van der Waals surface area contributed by atoms with Gasteiger partial charge in [0.25, 0.3) is 0 Å². The predicted octanol–water partition coefficient (Wildman–Crippen LogP) is 12.1. The molecule has 5 aromatic carbocycles. The molecule has 1 fully saturated rings. The van der Waals surface area contributed by atoms with Crippen LogP contribution in [0.2, 0.25) is 5.02 Å². The quantitative estimate of drug-likeness (QED) is 0.192. The first-order chi connectivity index (χ1) is 21.9. The molecular weight excluding hydrogens is 564 g/mol. The largest absolute Gasteiger partial charge is 0.0843 e. The van der Waals surface area contributed by atoms with Crippen molar-refractivity contribution in [2.45, 2.75) is 27.7 Å². The van der Waals surface area contributed by atoms with E-state index in [0.717, 1.165) is 5.02 Å². The summed E-state index contributed by atoms with van der Waals surface area (Å²) >= 11 is 6.46. The topological polar surface area (TPSA) is 0 Å². The molecule has 0 heterocycles. The lowest BCUT2D eigenvalue weighted by Gasteiger charge is -2.28. The molecule has 2 aliphatic rings. The van der Waals surface area contributed by atoms with Crippen LogP contribution in [0.15, 0.2) is 168 Å². The van der Waals surface area contributed by atoms with E-state index in [4.69, 9.17) is 11.6 Å². The second-order valence-corrected chi connectivity index (χ2v) is 13.2. The van der Waals surface area contributed by atoms with Gasteiger partial charge in [-0.15, -0.1) is 0 Å². The summed E-state index contributed by atoms with van der Waals surface area (Å²) in [5.41, 5.74) is 16.6. The molecule has 0 nitrogen and oxygen atoms in total. The van der Waals surface area contributed by atoms with Crippen LogP contribution in [-0.4, -0.2) is 0 Å². The number of benzene rings is 5. The van der Waals surface area contributed by atoms with Crippen molar-refractivity contribution in [3.63, 3.8) is 0 Å². The lowest BCUT2D eigenvalue weighted by molar-refractivity contribution is 0.561. The predicted molar refractivity (Wildman–Crippen MR) is 192 cm³/mol. The van der Waals surface area contributed by atoms with Gasteiger partial charge in [0.05, 0.1) is 0 Å². The highest BCUT2D eigenvalue weighted by Gasteiger charge is 2.48. The molecule has 45 heavy (non-hydrogen) atoms. The Hall–Kier alpha value is -4.65. The van der Waals surface area contributed by atoms with Gasteiger partial charge >= 0.3 is 0 Å². The highest BCUT2D eigenvalue weighted by Crippen LogP contribution is 2.62. The summed E-state index contributed by atoms with van der Waals surface area (Å²) in [7, 11) is 0. The average molecular weight is 601 g/mol. The summed E-state index contributed by atoms with van der Waals surface area (Å²) in [6.45, 7) is 9.43. The van der Waals surface area contributed by atoms with Gasteiger partial charge in [0.2, 0.25) is 0 Å². The van der Waals surface area contributed by atoms with Gasteiger partial charge in [-0.05, 0) is 92.8 Å². The lowest BCUT2D eigenvalue weighted by Crippen LogP contribution is -2.15. The van der Waals surface area contributed by atoms with Gasteiger partial charge < -0.3 is 0 Å². The van der Waals surface area contributed by atoms with Crippen LogP contribution in [0.4, 0.5) is 0 Å². The first kappa shape index (κ1) is 29.1. The summed E-state index contributed by atoms with van der Waals surface area (Å²) in [5.74, 6) is 0.0357. The molecule has 0 N–H and O–H groups in total. The van der Waals surface area contributed by atoms with E-state index < -0.39 is 0 Å². The summed E-state index contributed by atoms with van der Waals surface area (Å²) < 4.78 is 0. The number of hydrogen-bond donors (Lipinski definition) is 0. The van der Waals surface area contributed by atoms with Gasteiger partial charge in [-0.2, -0.15) is 0 Å². The van der Waals surface area contributed by atoms with E-state index >= 15 is 0 Å². The normalized spacial score (nSPS) is 18.1. The molecule has 0 spiro atoms. The van der Waals surface area contributed by atoms with Crippen molar-refractivity contribution < 1.29 is 0 Å². The van der Waals surface area contributed by atoms with E-state index in [-0.39, 0.29) is 11.3 Å². The summed E-state index contributed by atoms with van der Waals surface area (Å²) in [6.07, 6.45) is 2.56. The number of hydrogen-bond acceptors (Lipinski definition) is 0. The molecule has 0 amide bonds. The van der Waals surface area contributed by atoms with E-state index in [2.05, 4.69) is 161 Å². The van der Waals surface area contributed by atoms with Gasteiger partial charge in [0, 0.05) is 16.4 Å². The minimum atomic E-state index is -0.244. The van der Waals surface area contributed by atoms with Crippen molar-refractivity contribution >= 4 is 28.3 Å². The second-order valence-electron chi connectivity index (χ2n) is 12.8. The van der Waals surface area contributed by atoms with E-state index in [1.54, 1.807) is 0 Å². The Morgan fingerprint density at radius 3 is 1.69 bits per heavy atom. The van der Waals surface area contributed by atoms with Crippen LogP contribution < -0.4 is 0 Å². The molecule has 0 aliphatic heterocycles. The average Bonchev–Trinajstić information content (AvgIpc) is 3.18. The van der Waals surface area contributed by atoms with Crippen molar-refractivity contribution in [2.24, 2.45) is 11.3 Å². The van der Waals surface area contributed by atoms with Crippen molar-refractivity contribution in [1.82, 2.24) is 0 Å². The Balaban J connectivity index is 1.70. The maximum absolute atomic E-state index is 6.46. The molecule has 7 rings (SSSR count). The Labute approximate surface area is 272 Å². The zero-order chi connectivity index (χ0) is 31.1. The molecular formula is C44H37Cl. The molecule has 0 bridgehead atoms. The minimum absolute atomic E-state index is 0.0357. The van der Waals surface area contributed by atoms with Crippen LogP contribution in [0.3, 0.4) is 0 Å². The van der Waals surface area contributed by atoms with Crippen molar-refractivity contribution in [2.75, 3.05) is 0 Å². The zero-order valence-corrected chi connectivity index (χ0v) is 27.1. The first-order valence-electron chi connectivity index (χ1n) is 15.8. The van der Waals surface area contributed by atoms with Gasteiger partial charge in [-0.25, -0.2) is 0 Å². The summed E-state index contributed by atoms with van der Waals surface area (Å²) in [6, 6.07) is 50.2. The maximum Gasteiger partial charge on any atom is 0.0406 e. The van der Waals surface area contributed by atoms with E-state index in [1.807, 2.05) is 12.1 Å². The van der Waals surface area contributed by atoms with Gasteiger partial charge in [-0.1, -0.05) is 164 Å². The minimum Gasteiger partial charge on any atom is -0.0843 e. The molecule has 0 radical (unpaired) electrons. The fraction of sp³-hybridized carbons (Fsp3) is 0.136. The second kappa shape index (κ2) is 11.7. The standard InChI is InChI=1S/C44H37Cl/c1-29(2)42-41(39(31-18-10-6-11-19-31)33-24-26-34(45)27-25-33)38-28-37(30-16-8-5-9-17-30)35-22-14-15-23-36(35)40(43(38)44(42,3)4)32-20-12-7-13-21-32/h5-28,38H,1-4H3/b41-39+. The summed E-state index contributed by atoms with van der Waals surface area (Å²) in [5, 5.41) is 0.744. The number of rotatable bonds is 4. The van der Waals surface area contributed by atoms with Crippen LogP contribution in [0.1, 0.15) is 61.1 Å². The maximum atomic E-state index is 6.46. The number of halogens is 1. The van der Waals surface area contributed by atoms with Crippen LogP contribution >= 0.6 is 11.6 Å². The summed E-state index contributed by atoms with van der Waals surface area (Å²) in [4.78, 5) is 0. The third-order valence-electron chi connectivity index (χ3n) is 9.39. The van der Waals surface area contributed by atoms with E-state index in [0.29, 0.717) is 0 Å². The number of fused-ring (bicyclic) bond motifs is 2. The Morgan fingerprint density at radius 1 is 0.578 bits per heavy atom. The monoisotopic (exact) mass is 600 g/mol. The number of allylic oxidation sites excluding steroid dienone is 5. The Morgan fingerprint density at radius 2 is 1.09 bits per heavy atom. The van der Waals surface area contributed by atoms with Gasteiger partial charge in [-0.3, -0.25) is 0 Å². The van der Waals surface area contributed by atoms with Crippen LogP contribution in [0.5, 0.6) is 0 Å². The van der Waals surface area contributed by atoms with Crippen LogP contribution in [-0.2, 0) is 0 Å². The third-order valence-corrected chi connectivity index (χ3v) is 9.64. The van der Waals surface area contributed by atoms with Crippen LogP contribution in [0.25, 0.3) is 16.7 Å². The fourth-order valence-corrected chi connectivity index (χ4v) is 7.92. The van der Waals surface area contributed by atoms with Gasteiger partial charge in [0.1, 0.15) is 0 Å². The highest BCUT2D eigenvalue weighted by atomic mass is 35.5. The SMILES string of the molecule is CC(C)=C1/C(=C(\c2ccccc2)c2ccc(Cl)cc2)C2C=C(c3ccccc3)c3ccccc3C(c3ccccc3)=C2C1(C)C. The molecule has 0 aromatic heterocycles. The van der Waals surface area contributed by atoms with Crippen molar-refractivity contribution in [1.29, 1.82) is 0 Å². The zero-order valence-electron chi connectivity index (χ0n) is 26.3. The fourth-order valence-electron chi connectivity index (χ4n) is 7.79. The third kappa shape index (κ3) is 5.04. The lowest BCUT2D eigenvalue weighted by atomic mass is 9.75. The molecule has 1 unspecified atom stereocenters. The molecule has 1 saturated carbocycles. The van der Waals surface area contributed by atoms with E-state index in [9.17, 15) is 0 Å². The molecule has 5 aromatic rings. The smallest absolute Gasteiger partial charge is 0.0406 e. The van der Waals surface area contributed by atoms with Crippen molar-refractivity contribution in [3.8, 4) is 0 Å². The molecule has 2 aliphatic carbocycles. The Bertz CT molecular complexity index is 2000. The Kier molecular flexibility index (Phi) is 7.56. The molecule has 220 valence electrons. The molecule has 1 heteroatoms. The van der Waals surface area contributed by atoms with Gasteiger partial charge in [0.15, 0.2) is 0 Å². The first-order valence-corrected chi connectivity index (χ1v) is 16.1. The highest BCUT2D eigenvalue weighted by molar-refractivity contribution is 6.30.